The summed E-state index contributed by atoms with van der Waals surface area (Å²) >= 11 is 0. The van der Waals surface area contributed by atoms with Crippen molar-refractivity contribution in [3.8, 4) is 11.5 Å². The molecule has 6 rings (SSSR count). The number of halogens is 1. The lowest BCUT2D eigenvalue weighted by Crippen LogP contribution is -2.45. The van der Waals surface area contributed by atoms with Gasteiger partial charge in [-0.25, -0.2) is 9.37 Å². The number of carbonyl (C=O) groups excluding carboxylic acids is 1. The molecule has 1 atom stereocenters. The van der Waals surface area contributed by atoms with Gasteiger partial charge in [-0.3, -0.25) is 4.79 Å². The molecule has 7 nitrogen and oxygen atoms in total. The third-order valence-electron chi connectivity index (χ3n) is 7.68. The van der Waals surface area contributed by atoms with Gasteiger partial charge in [-0.05, 0) is 55.0 Å². The quantitative estimate of drug-likeness (QED) is 0.427. The minimum atomic E-state index is -0.652. The van der Waals surface area contributed by atoms with Crippen LogP contribution in [-0.2, 0) is 20.0 Å². The summed E-state index contributed by atoms with van der Waals surface area (Å²) in [7, 11) is 6.23. The number of hydrogen-bond donors (Lipinski definition) is 1. The van der Waals surface area contributed by atoms with Gasteiger partial charge < -0.3 is 24.7 Å². The molecule has 188 valence electrons. The number of aromatic nitrogens is 3. The Hall–Kier alpha value is -3.39. The Morgan fingerprint density at radius 3 is 2.75 bits per heavy atom. The number of fused-ring (bicyclic) bond motifs is 3. The summed E-state index contributed by atoms with van der Waals surface area (Å²) < 4.78 is 17.6. The second kappa shape index (κ2) is 8.62. The zero-order valence-electron chi connectivity index (χ0n) is 21.2. The molecule has 0 saturated heterocycles. The molecular weight excluding hydrogens is 455 g/mol. The van der Waals surface area contributed by atoms with E-state index in [2.05, 4.69) is 65.5 Å². The fourth-order valence-electron chi connectivity index (χ4n) is 5.55. The summed E-state index contributed by atoms with van der Waals surface area (Å²) in [6.45, 7) is 1.13. The first-order valence-corrected chi connectivity index (χ1v) is 12.8. The average Bonchev–Trinajstić information content (AvgIpc) is 3.54. The normalized spacial score (nSPS) is 16.7. The monoisotopic (exact) mass is 488 g/mol. The standard InChI is InChI=1S/C28H33FN6O/c1-32(2)23-6-4-5-19-12-25(35(26(19)23)15-17-7-8-17)27-31-22-13-21-18(11-24(22)33(27)3)9-10-34(28(21)36)16-20(30)14-29/h4-6,11-13,17,20H,7-10,14-16,30H2,1-3H3/t20-/m1/s1. The molecule has 2 aromatic carbocycles. The summed E-state index contributed by atoms with van der Waals surface area (Å²) in [5.74, 6) is 1.52. The van der Waals surface area contributed by atoms with Gasteiger partial charge in [-0.2, -0.15) is 0 Å². The van der Waals surface area contributed by atoms with Crippen LogP contribution in [0.3, 0.4) is 0 Å². The SMILES string of the molecule is CN(C)c1cccc2cc(-c3nc4cc5c(cc4n3C)CCN(C[C@H](N)CF)C5=O)n(CC3CC3)c12. The zero-order chi connectivity index (χ0) is 25.1. The van der Waals surface area contributed by atoms with E-state index in [0.717, 1.165) is 41.1 Å². The van der Waals surface area contributed by atoms with Crippen LogP contribution in [0.1, 0.15) is 28.8 Å². The highest BCUT2D eigenvalue weighted by atomic mass is 19.1. The van der Waals surface area contributed by atoms with E-state index >= 15 is 0 Å². The predicted molar refractivity (Wildman–Crippen MR) is 142 cm³/mol. The number of rotatable bonds is 7. The van der Waals surface area contributed by atoms with Crippen LogP contribution in [0.5, 0.6) is 0 Å². The summed E-state index contributed by atoms with van der Waals surface area (Å²) in [5.41, 5.74) is 12.8. The molecule has 4 aromatic rings. The number of hydrogen-bond acceptors (Lipinski definition) is 4. The number of para-hydroxylation sites is 1. The highest BCUT2D eigenvalue weighted by Gasteiger charge is 2.29. The van der Waals surface area contributed by atoms with Gasteiger partial charge in [0.2, 0.25) is 0 Å². The van der Waals surface area contributed by atoms with E-state index in [1.54, 1.807) is 4.90 Å². The number of nitrogens with zero attached hydrogens (tertiary/aromatic N) is 5. The molecule has 2 aromatic heterocycles. The number of nitrogens with two attached hydrogens (primary N) is 1. The van der Waals surface area contributed by atoms with Crippen molar-refractivity contribution in [2.75, 3.05) is 38.8 Å². The summed E-state index contributed by atoms with van der Waals surface area (Å²) in [4.78, 5) is 22.1. The Kier molecular flexibility index (Phi) is 5.52. The third kappa shape index (κ3) is 3.75. The molecule has 1 fully saturated rings. The van der Waals surface area contributed by atoms with Crippen LogP contribution < -0.4 is 10.6 Å². The molecule has 0 spiro atoms. The van der Waals surface area contributed by atoms with Crippen molar-refractivity contribution in [3.63, 3.8) is 0 Å². The minimum Gasteiger partial charge on any atom is -0.376 e. The number of carbonyl (C=O) groups is 1. The van der Waals surface area contributed by atoms with Crippen LogP contribution in [0.2, 0.25) is 0 Å². The van der Waals surface area contributed by atoms with Crippen molar-refractivity contribution >= 4 is 33.5 Å². The van der Waals surface area contributed by atoms with E-state index in [0.29, 0.717) is 18.0 Å². The summed E-state index contributed by atoms with van der Waals surface area (Å²) in [6.07, 6.45) is 3.26. The first kappa shape index (κ1) is 23.0. The van der Waals surface area contributed by atoms with Gasteiger partial charge in [0, 0.05) is 51.7 Å². The maximum Gasteiger partial charge on any atom is 0.254 e. The van der Waals surface area contributed by atoms with Crippen molar-refractivity contribution in [1.82, 2.24) is 19.0 Å². The van der Waals surface area contributed by atoms with Crippen LogP contribution in [-0.4, -0.2) is 64.8 Å². The topological polar surface area (TPSA) is 72.3 Å². The van der Waals surface area contributed by atoms with Gasteiger partial charge in [-0.1, -0.05) is 12.1 Å². The summed E-state index contributed by atoms with van der Waals surface area (Å²) in [6, 6.07) is 12.1. The molecule has 1 saturated carbocycles. The molecule has 2 N–H and O–H groups in total. The molecule has 0 bridgehead atoms. The molecular formula is C28H33FN6O. The highest BCUT2D eigenvalue weighted by Crippen LogP contribution is 2.39. The van der Waals surface area contributed by atoms with Crippen molar-refractivity contribution in [1.29, 1.82) is 0 Å². The third-order valence-corrected chi connectivity index (χ3v) is 7.68. The van der Waals surface area contributed by atoms with E-state index in [1.807, 2.05) is 6.07 Å². The van der Waals surface area contributed by atoms with Crippen LogP contribution in [0.25, 0.3) is 33.5 Å². The lowest BCUT2D eigenvalue weighted by molar-refractivity contribution is 0.0725. The van der Waals surface area contributed by atoms with E-state index in [1.165, 1.54) is 29.4 Å². The zero-order valence-corrected chi connectivity index (χ0v) is 21.2. The van der Waals surface area contributed by atoms with Crippen molar-refractivity contribution in [3.05, 3.63) is 47.5 Å². The second-order valence-corrected chi connectivity index (χ2v) is 10.6. The number of alkyl halides is 1. The van der Waals surface area contributed by atoms with Crippen molar-refractivity contribution in [2.45, 2.75) is 31.8 Å². The fraction of sp³-hybridized carbons (Fsp3) is 0.429. The predicted octanol–water partition coefficient (Wildman–Crippen LogP) is 3.97. The second-order valence-electron chi connectivity index (χ2n) is 10.6. The lowest BCUT2D eigenvalue weighted by Gasteiger charge is -2.30. The van der Waals surface area contributed by atoms with Crippen LogP contribution in [0.15, 0.2) is 36.4 Å². The fourth-order valence-corrected chi connectivity index (χ4v) is 5.55. The van der Waals surface area contributed by atoms with Crippen LogP contribution in [0, 0.1) is 5.92 Å². The molecule has 1 aliphatic carbocycles. The number of anilines is 1. The number of aryl methyl sites for hydroxylation is 1. The first-order valence-electron chi connectivity index (χ1n) is 12.8. The first-order chi connectivity index (χ1) is 17.4. The van der Waals surface area contributed by atoms with Gasteiger partial charge in [0.05, 0.1) is 34.0 Å². The van der Waals surface area contributed by atoms with E-state index in [-0.39, 0.29) is 12.5 Å². The van der Waals surface area contributed by atoms with Gasteiger partial charge in [0.25, 0.3) is 5.91 Å². The Morgan fingerprint density at radius 2 is 2.03 bits per heavy atom. The average molecular weight is 489 g/mol. The molecule has 0 unspecified atom stereocenters. The van der Waals surface area contributed by atoms with E-state index in [9.17, 15) is 9.18 Å². The number of amides is 1. The Balaban J connectivity index is 1.48. The largest absolute Gasteiger partial charge is 0.376 e. The van der Waals surface area contributed by atoms with E-state index in [4.69, 9.17) is 10.7 Å². The maximum absolute atomic E-state index is 13.2. The van der Waals surface area contributed by atoms with E-state index < -0.39 is 12.7 Å². The molecule has 1 aliphatic heterocycles. The lowest BCUT2D eigenvalue weighted by atomic mass is 9.97. The molecule has 3 heterocycles. The molecule has 2 aliphatic rings. The van der Waals surface area contributed by atoms with Gasteiger partial charge >= 0.3 is 0 Å². The van der Waals surface area contributed by atoms with Crippen molar-refractivity contribution in [2.24, 2.45) is 18.7 Å². The van der Waals surface area contributed by atoms with Gasteiger partial charge in [0.15, 0.2) is 5.82 Å². The van der Waals surface area contributed by atoms with Crippen LogP contribution >= 0.6 is 0 Å². The maximum atomic E-state index is 13.2. The molecule has 36 heavy (non-hydrogen) atoms. The Bertz CT molecular complexity index is 1480. The Morgan fingerprint density at radius 1 is 1.22 bits per heavy atom. The highest BCUT2D eigenvalue weighted by molar-refractivity contribution is 6.01. The number of benzene rings is 2. The molecule has 1 amide bonds. The smallest absolute Gasteiger partial charge is 0.254 e. The van der Waals surface area contributed by atoms with Gasteiger partial charge in [0.1, 0.15) is 6.67 Å². The van der Waals surface area contributed by atoms with Crippen molar-refractivity contribution < 1.29 is 9.18 Å². The summed E-state index contributed by atoms with van der Waals surface area (Å²) in [5, 5.41) is 1.21. The van der Waals surface area contributed by atoms with Gasteiger partial charge in [-0.15, -0.1) is 0 Å². The minimum absolute atomic E-state index is 0.0901. The molecule has 0 radical (unpaired) electrons. The Labute approximate surface area is 210 Å². The number of imidazole rings is 1. The molecule has 8 heteroatoms. The van der Waals surface area contributed by atoms with Crippen LogP contribution in [0.4, 0.5) is 10.1 Å².